The van der Waals surface area contributed by atoms with E-state index in [4.69, 9.17) is 13.9 Å². The number of ether oxygens (including phenoxy) is 2. The standard InChI is InChI=1S/C23H23NO6S/c1-16-5-3-4-6-22(16)30-18-7-9-21(10-8-18)31(26,27)24-12-11-19(15-24)29-20-13-17(2)28-23(25)14-20/h3-10,13-14,19H,11-12,15H2,1-2H3. The third-order valence-corrected chi connectivity index (χ3v) is 6.94. The Bertz CT molecular complexity index is 1230. The van der Waals surface area contributed by atoms with Crippen LogP contribution in [0.4, 0.5) is 0 Å². The topological polar surface area (TPSA) is 86.0 Å². The van der Waals surface area contributed by atoms with Crippen LogP contribution >= 0.6 is 0 Å². The minimum absolute atomic E-state index is 0.196. The number of para-hydroxylation sites is 1. The third-order valence-electron chi connectivity index (χ3n) is 5.06. The lowest BCUT2D eigenvalue weighted by Gasteiger charge is -2.17. The molecule has 1 atom stereocenters. The van der Waals surface area contributed by atoms with Crippen LogP contribution in [0, 0.1) is 13.8 Å². The Balaban J connectivity index is 1.43. The number of hydrogen-bond acceptors (Lipinski definition) is 6. The van der Waals surface area contributed by atoms with Crippen molar-refractivity contribution >= 4 is 10.0 Å². The first-order chi connectivity index (χ1) is 14.8. The van der Waals surface area contributed by atoms with Gasteiger partial charge in [-0.25, -0.2) is 13.2 Å². The van der Waals surface area contributed by atoms with E-state index >= 15 is 0 Å². The molecule has 0 N–H and O–H groups in total. The maximum atomic E-state index is 13.0. The van der Waals surface area contributed by atoms with Gasteiger partial charge in [0.15, 0.2) is 0 Å². The average Bonchev–Trinajstić information content (AvgIpc) is 3.19. The summed E-state index contributed by atoms with van der Waals surface area (Å²) < 4.78 is 44.0. The van der Waals surface area contributed by atoms with Gasteiger partial charge in [0, 0.05) is 12.6 Å². The molecule has 1 aliphatic heterocycles. The highest BCUT2D eigenvalue weighted by molar-refractivity contribution is 7.89. The molecule has 0 aliphatic carbocycles. The minimum atomic E-state index is -3.66. The van der Waals surface area contributed by atoms with Crippen molar-refractivity contribution in [2.75, 3.05) is 13.1 Å². The Morgan fingerprint density at radius 3 is 2.45 bits per heavy atom. The normalized spacial score (nSPS) is 16.9. The van der Waals surface area contributed by atoms with Crippen molar-refractivity contribution in [1.29, 1.82) is 0 Å². The summed E-state index contributed by atoms with van der Waals surface area (Å²) in [5, 5.41) is 0. The summed E-state index contributed by atoms with van der Waals surface area (Å²) in [6.07, 6.45) is 0.201. The SMILES string of the molecule is Cc1cc(OC2CCN(S(=O)(=O)c3ccc(Oc4ccccc4C)cc3)C2)cc(=O)o1. The molecule has 31 heavy (non-hydrogen) atoms. The molecule has 162 valence electrons. The lowest BCUT2D eigenvalue weighted by atomic mass is 10.2. The molecule has 7 nitrogen and oxygen atoms in total. The van der Waals surface area contributed by atoms with Crippen LogP contribution in [0.15, 0.2) is 74.8 Å². The number of sulfonamides is 1. The van der Waals surface area contributed by atoms with Crippen LogP contribution in [0.25, 0.3) is 0 Å². The molecular formula is C23H23NO6S. The number of benzene rings is 2. The molecule has 0 radical (unpaired) electrons. The molecule has 0 amide bonds. The third kappa shape index (κ3) is 4.81. The first kappa shape index (κ1) is 21.1. The highest BCUT2D eigenvalue weighted by atomic mass is 32.2. The van der Waals surface area contributed by atoms with Crippen molar-refractivity contribution in [1.82, 2.24) is 4.31 Å². The van der Waals surface area contributed by atoms with Gasteiger partial charge in [0.1, 0.15) is 29.1 Å². The molecule has 0 saturated carbocycles. The average molecular weight is 442 g/mol. The van der Waals surface area contributed by atoms with Gasteiger partial charge >= 0.3 is 5.63 Å². The van der Waals surface area contributed by atoms with Crippen LogP contribution in [0.3, 0.4) is 0 Å². The maximum absolute atomic E-state index is 13.0. The molecule has 4 rings (SSSR count). The number of aryl methyl sites for hydroxylation is 2. The summed E-state index contributed by atoms with van der Waals surface area (Å²) in [4.78, 5) is 11.7. The van der Waals surface area contributed by atoms with E-state index in [1.807, 2.05) is 31.2 Å². The first-order valence-electron chi connectivity index (χ1n) is 9.93. The molecule has 1 aliphatic rings. The smallest absolute Gasteiger partial charge is 0.339 e. The highest BCUT2D eigenvalue weighted by Crippen LogP contribution is 2.28. The number of rotatable bonds is 6. The second-order valence-electron chi connectivity index (χ2n) is 7.45. The monoisotopic (exact) mass is 441 g/mol. The lowest BCUT2D eigenvalue weighted by molar-refractivity contribution is 0.213. The zero-order valence-electron chi connectivity index (χ0n) is 17.3. The molecule has 2 aromatic carbocycles. The fourth-order valence-corrected chi connectivity index (χ4v) is 4.96. The van der Waals surface area contributed by atoms with Crippen molar-refractivity contribution in [3.8, 4) is 17.2 Å². The summed E-state index contributed by atoms with van der Waals surface area (Å²) in [6, 6.07) is 16.9. The molecular weight excluding hydrogens is 418 g/mol. The highest BCUT2D eigenvalue weighted by Gasteiger charge is 2.33. The molecule has 0 spiro atoms. The zero-order chi connectivity index (χ0) is 22.0. The van der Waals surface area contributed by atoms with Crippen molar-refractivity contribution in [3.05, 3.63) is 82.4 Å². The predicted molar refractivity (Wildman–Crippen MR) is 115 cm³/mol. The van der Waals surface area contributed by atoms with E-state index in [0.717, 1.165) is 11.3 Å². The van der Waals surface area contributed by atoms with Gasteiger partial charge < -0.3 is 13.9 Å². The van der Waals surface area contributed by atoms with Gasteiger partial charge in [0.25, 0.3) is 0 Å². The van der Waals surface area contributed by atoms with Gasteiger partial charge in [-0.2, -0.15) is 4.31 Å². The van der Waals surface area contributed by atoms with Crippen LogP contribution in [0.5, 0.6) is 17.2 Å². The van der Waals surface area contributed by atoms with E-state index in [1.54, 1.807) is 37.3 Å². The Morgan fingerprint density at radius 1 is 1.00 bits per heavy atom. The van der Waals surface area contributed by atoms with Gasteiger partial charge in [-0.05, 0) is 56.2 Å². The van der Waals surface area contributed by atoms with Gasteiger partial charge in [-0.15, -0.1) is 0 Å². The molecule has 3 aromatic rings. The maximum Gasteiger partial charge on any atom is 0.339 e. The first-order valence-corrected chi connectivity index (χ1v) is 11.4. The number of hydrogen-bond donors (Lipinski definition) is 0. The van der Waals surface area contributed by atoms with Crippen molar-refractivity contribution in [2.45, 2.75) is 31.3 Å². The summed E-state index contributed by atoms with van der Waals surface area (Å²) in [5.41, 5.74) is 0.499. The van der Waals surface area contributed by atoms with Crippen LogP contribution < -0.4 is 15.1 Å². The summed E-state index contributed by atoms with van der Waals surface area (Å²) in [5.74, 6) is 2.12. The molecule has 1 unspecified atom stereocenters. The van der Waals surface area contributed by atoms with Crippen LogP contribution in [-0.2, 0) is 10.0 Å². The second kappa shape index (κ2) is 8.56. The molecule has 1 fully saturated rings. The van der Waals surface area contributed by atoms with E-state index in [2.05, 4.69) is 0 Å². The largest absolute Gasteiger partial charge is 0.489 e. The molecule has 2 heterocycles. The van der Waals surface area contributed by atoms with Crippen LogP contribution in [0.1, 0.15) is 17.7 Å². The summed E-state index contributed by atoms with van der Waals surface area (Å²) in [7, 11) is -3.66. The van der Waals surface area contributed by atoms with E-state index in [9.17, 15) is 13.2 Å². The molecule has 1 aromatic heterocycles. The van der Waals surface area contributed by atoms with Gasteiger partial charge in [0.05, 0.1) is 17.5 Å². The molecule has 8 heteroatoms. The van der Waals surface area contributed by atoms with E-state index in [0.29, 0.717) is 30.2 Å². The Morgan fingerprint density at radius 2 is 1.74 bits per heavy atom. The summed E-state index contributed by atoms with van der Waals surface area (Å²) >= 11 is 0. The van der Waals surface area contributed by atoms with Gasteiger partial charge in [0.2, 0.25) is 10.0 Å². The van der Waals surface area contributed by atoms with E-state index in [-0.39, 0.29) is 17.5 Å². The second-order valence-corrected chi connectivity index (χ2v) is 9.39. The summed E-state index contributed by atoms with van der Waals surface area (Å²) in [6.45, 7) is 4.16. The van der Waals surface area contributed by atoms with Crippen molar-refractivity contribution in [2.24, 2.45) is 0 Å². The fraction of sp³-hybridized carbons (Fsp3) is 0.261. The Kier molecular flexibility index (Phi) is 5.84. The van der Waals surface area contributed by atoms with Crippen molar-refractivity contribution < 1.29 is 22.3 Å². The van der Waals surface area contributed by atoms with Gasteiger partial charge in [-0.3, -0.25) is 0 Å². The molecule has 0 bridgehead atoms. The fourth-order valence-electron chi connectivity index (χ4n) is 3.48. The molecule has 1 saturated heterocycles. The van der Waals surface area contributed by atoms with Crippen molar-refractivity contribution in [3.63, 3.8) is 0 Å². The van der Waals surface area contributed by atoms with Gasteiger partial charge in [-0.1, -0.05) is 18.2 Å². The number of nitrogens with zero attached hydrogens (tertiary/aromatic N) is 1. The minimum Gasteiger partial charge on any atom is -0.489 e. The Labute approximate surface area is 180 Å². The Hall–Kier alpha value is -3.10. The lowest BCUT2D eigenvalue weighted by Crippen LogP contribution is -2.31. The van der Waals surface area contributed by atoms with Crippen LogP contribution in [0.2, 0.25) is 0 Å². The van der Waals surface area contributed by atoms with Crippen LogP contribution in [-0.4, -0.2) is 31.9 Å². The zero-order valence-corrected chi connectivity index (χ0v) is 18.1. The predicted octanol–water partition coefficient (Wildman–Crippen LogP) is 3.89. The quantitative estimate of drug-likeness (QED) is 0.577. The van der Waals surface area contributed by atoms with E-state index in [1.165, 1.54) is 10.4 Å². The van der Waals surface area contributed by atoms with E-state index < -0.39 is 15.6 Å².